The first kappa shape index (κ1) is 23.7. The molecule has 0 heterocycles. The van der Waals surface area contributed by atoms with Crippen molar-refractivity contribution < 1.29 is 0 Å². The maximum atomic E-state index is 2.24. The summed E-state index contributed by atoms with van der Waals surface area (Å²) in [6.45, 7) is 21.3. The molecule has 0 spiro atoms. The summed E-state index contributed by atoms with van der Waals surface area (Å²) >= 11 is 0. The van der Waals surface area contributed by atoms with Gasteiger partial charge < -0.3 is 0 Å². The van der Waals surface area contributed by atoms with Gasteiger partial charge in [-0.2, -0.15) is 0 Å². The Hall–Kier alpha value is 0. The van der Waals surface area contributed by atoms with Gasteiger partial charge in [-0.1, -0.05) is 88.5 Å². The zero-order chi connectivity index (χ0) is 12.6. The molecule has 0 N–H and O–H groups in total. The summed E-state index contributed by atoms with van der Waals surface area (Å²) in [6, 6.07) is 0. The van der Waals surface area contributed by atoms with Crippen LogP contribution in [0.25, 0.3) is 0 Å². The molecule has 92 valence electrons. The van der Waals surface area contributed by atoms with Gasteiger partial charge in [-0.3, -0.25) is 0 Å². The van der Waals surface area contributed by atoms with Gasteiger partial charge in [0.1, 0.15) is 0 Å². The minimum Gasteiger partial charge on any atom is -0.0683 e. The maximum Gasteiger partial charge on any atom is -0.0385 e. The van der Waals surface area contributed by atoms with Crippen LogP contribution >= 0.6 is 0 Å². The highest BCUT2D eigenvalue weighted by molar-refractivity contribution is 4.55. The van der Waals surface area contributed by atoms with Crippen molar-refractivity contribution in [2.24, 2.45) is 5.41 Å². The first-order valence-electron chi connectivity index (χ1n) is 6.47. The van der Waals surface area contributed by atoms with Crippen molar-refractivity contribution in [1.82, 2.24) is 0 Å². The molecule has 0 heteroatoms. The van der Waals surface area contributed by atoms with Crippen LogP contribution in [0.2, 0.25) is 0 Å². The Balaban J connectivity index is -0.0000000546. The smallest absolute Gasteiger partial charge is 0.0385 e. The van der Waals surface area contributed by atoms with Gasteiger partial charge in [-0.15, -0.1) is 0 Å². The zero-order valence-corrected chi connectivity index (χ0v) is 12.6. The molecule has 0 radical (unpaired) electrons. The molecule has 14 heavy (non-hydrogen) atoms. The fourth-order valence-electron chi connectivity index (χ4n) is 0. The summed E-state index contributed by atoms with van der Waals surface area (Å²) < 4.78 is 0. The zero-order valence-electron chi connectivity index (χ0n) is 12.6. The first-order valence-corrected chi connectivity index (χ1v) is 6.47. The molecule has 0 aromatic rings. The minimum absolute atomic E-state index is 0.542. The number of hydrogen-bond donors (Lipinski definition) is 0. The number of hydrogen-bond acceptors (Lipinski definition) is 0. The van der Waals surface area contributed by atoms with Crippen LogP contribution in [0.1, 0.15) is 88.5 Å². The lowest BCUT2D eigenvalue weighted by molar-refractivity contribution is 0.398. The average Bonchev–Trinajstić information content (AvgIpc) is 2.23. The molecule has 0 aromatic carbocycles. The summed E-state index contributed by atoms with van der Waals surface area (Å²) in [5.41, 5.74) is 0.542. The third kappa shape index (κ3) is 90.8. The second-order valence-corrected chi connectivity index (χ2v) is 3.91. The predicted molar refractivity (Wildman–Crippen MR) is 73.0 cm³/mol. The van der Waals surface area contributed by atoms with E-state index in [4.69, 9.17) is 0 Å². The monoisotopic (exact) mass is 204 g/mol. The molecule has 0 aliphatic rings. The third-order valence-corrected chi connectivity index (χ3v) is 1.56. The van der Waals surface area contributed by atoms with E-state index in [0.717, 1.165) is 0 Å². The molecule has 0 unspecified atom stereocenters. The van der Waals surface area contributed by atoms with E-state index in [1.54, 1.807) is 0 Å². The lowest BCUT2D eigenvalue weighted by atomic mass is 9.94. The van der Waals surface area contributed by atoms with E-state index >= 15 is 0 Å². The summed E-state index contributed by atoms with van der Waals surface area (Å²) in [5.74, 6) is 0. The Labute approximate surface area is 94.5 Å². The number of unbranched alkanes of at least 4 members (excludes halogenated alkanes) is 1. The molecule has 0 fully saturated rings. The van der Waals surface area contributed by atoms with E-state index in [9.17, 15) is 0 Å². The van der Waals surface area contributed by atoms with Gasteiger partial charge in [-0.25, -0.2) is 0 Å². The van der Waals surface area contributed by atoms with Crippen molar-refractivity contribution in [3.05, 3.63) is 0 Å². The van der Waals surface area contributed by atoms with Gasteiger partial charge in [0, 0.05) is 0 Å². The van der Waals surface area contributed by atoms with Gasteiger partial charge in [0.2, 0.25) is 0 Å². The van der Waals surface area contributed by atoms with Crippen molar-refractivity contribution in [3.63, 3.8) is 0 Å². The summed E-state index contributed by atoms with van der Waals surface area (Å²) in [4.78, 5) is 0. The van der Waals surface area contributed by atoms with Crippen molar-refractivity contribution in [2.45, 2.75) is 88.5 Å². The van der Waals surface area contributed by atoms with E-state index < -0.39 is 0 Å². The fraction of sp³-hybridized carbons (Fsp3) is 1.00. The van der Waals surface area contributed by atoms with Gasteiger partial charge in [0.15, 0.2) is 0 Å². The Morgan fingerprint density at radius 1 is 0.643 bits per heavy atom. The van der Waals surface area contributed by atoms with Crippen LogP contribution in [0.4, 0.5) is 0 Å². The van der Waals surface area contributed by atoms with Gasteiger partial charge in [0.05, 0.1) is 0 Å². The third-order valence-electron chi connectivity index (χ3n) is 1.56. The maximum absolute atomic E-state index is 2.24. The van der Waals surface area contributed by atoms with E-state index in [2.05, 4.69) is 41.5 Å². The molecule has 0 aromatic heterocycles. The highest BCUT2D eigenvalue weighted by atomic mass is 14.1. The minimum atomic E-state index is 0.542. The first-order chi connectivity index (χ1) is 6.47. The molecule has 0 aliphatic carbocycles. The molecule has 0 aliphatic heterocycles. The topological polar surface area (TPSA) is 0 Å². The molecule has 0 rings (SSSR count). The quantitative estimate of drug-likeness (QED) is 0.470. The standard InChI is InChI=1S/C6H14.C4H10.2C2H6/c1-5-6(2,3)4;1-3-4-2;2*1-2/h5H2,1-4H3;3-4H2,1-2H3;2*1-2H3. The number of rotatable bonds is 1. The molecule has 0 saturated carbocycles. The Morgan fingerprint density at radius 2 is 0.786 bits per heavy atom. The van der Waals surface area contributed by atoms with Crippen molar-refractivity contribution >= 4 is 0 Å². The lowest BCUT2D eigenvalue weighted by Crippen LogP contribution is -2.00. The largest absolute Gasteiger partial charge is 0.0683 e. The van der Waals surface area contributed by atoms with E-state index in [1.807, 2.05) is 27.7 Å². The van der Waals surface area contributed by atoms with Crippen LogP contribution < -0.4 is 0 Å². The van der Waals surface area contributed by atoms with Crippen LogP contribution in [0, 0.1) is 5.41 Å². The molecule has 0 amide bonds. The van der Waals surface area contributed by atoms with Crippen LogP contribution in [0.3, 0.4) is 0 Å². The second kappa shape index (κ2) is 23.1. The molecule has 0 saturated heterocycles. The molecule has 0 bridgehead atoms. The fourth-order valence-corrected chi connectivity index (χ4v) is 0. The van der Waals surface area contributed by atoms with Gasteiger partial charge in [-0.05, 0) is 5.41 Å². The summed E-state index contributed by atoms with van der Waals surface area (Å²) in [7, 11) is 0. The van der Waals surface area contributed by atoms with E-state index in [0.29, 0.717) is 5.41 Å². The predicted octanol–water partition coefficient (Wildman–Crippen LogP) is 6.30. The Kier molecular flexibility index (Phi) is 39.1. The van der Waals surface area contributed by atoms with Crippen LogP contribution in [-0.4, -0.2) is 0 Å². The lowest BCUT2D eigenvalue weighted by Gasteiger charge is -2.12. The molecular formula is C14H36. The SMILES string of the molecule is CC.CC.CCC(C)(C)C.CCCC. The van der Waals surface area contributed by atoms with Crippen LogP contribution in [0.15, 0.2) is 0 Å². The van der Waals surface area contributed by atoms with Gasteiger partial charge in [0.25, 0.3) is 0 Å². The van der Waals surface area contributed by atoms with Gasteiger partial charge >= 0.3 is 0 Å². The molecular weight excluding hydrogens is 168 g/mol. The molecule has 0 nitrogen and oxygen atoms in total. The van der Waals surface area contributed by atoms with E-state index in [-0.39, 0.29) is 0 Å². The second-order valence-electron chi connectivity index (χ2n) is 3.91. The highest BCUT2D eigenvalue weighted by Crippen LogP contribution is 2.16. The van der Waals surface area contributed by atoms with Crippen molar-refractivity contribution in [2.75, 3.05) is 0 Å². The summed E-state index contributed by atoms with van der Waals surface area (Å²) in [6.07, 6.45) is 3.91. The van der Waals surface area contributed by atoms with Crippen LogP contribution in [-0.2, 0) is 0 Å². The van der Waals surface area contributed by atoms with Crippen LogP contribution in [0.5, 0.6) is 0 Å². The highest BCUT2D eigenvalue weighted by Gasteiger charge is 2.03. The Bertz CT molecular complexity index is 45.5. The van der Waals surface area contributed by atoms with Crippen molar-refractivity contribution in [1.29, 1.82) is 0 Å². The van der Waals surface area contributed by atoms with Crippen molar-refractivity contribution in [3.8, 4) is 0 Å². The summed E-state index contributed by atoms with van der Waals surface area (Å²) in [5, 5.41) is 0. The average molecular weight is 204 g/mol. The van der Waals surface area contributed by atoms with E-state index in [1.165, 1.54) is 19.3 Å². The normalized spacial score (nSPS) is 8.14. The Morgan fingerprint density at radius 3 is 0.786 bits per heavy atom. The molecule has 0 atom stereocenters.